The normalized spacial score (nSPS) is 12.9. The summed E-state index contributed by atoms with van der Waals surface area (Å²) in [6.45, 7) is 7.83. The quantitative estimate of drug-likeness (QED) is 0.718. The van der Waals surface area contributed by atoms with E-state index in [0.717, 1.165) is 23.4 Å². The zero-order chi connectivity index (χ0) is 10.0. The Kier molecular flexibility index (Phi) is 2.88. The molecule has 1 aromatic rings. The van der Waals surface area contributed by atoms with Crippen molar-refractivity contribution in [2.24, 2.45) is 12.8 Å². The van der Waals surface area contributed by atoms with Gasteiger partial charge in [-0.15, -0.1) is 6.58 Å². The molecule has 2 N–H and O–H groups in total. The molecule has 3 heteroatoms. The van der Waals surface area contributed by atoms with Gasteiger partial charge < -0.3 is 5.73 Å². The van der Waals surface area contributed by atoms with Gasteiger partial charge in [0, 0.05) is 12.7 Å². The second-order valence-corrected chi connectivity index (χ2v) is 3.60. The highest BCUT2D eigenvalue weighted by Crippen LogP contribution is 2.16. The molecule has 1 atom stereocenters. The van der Waals surface area contributed by atoms with Crippen molar-refractivity contribution in [2.75, 3.05) is 0 Å². The maximum Gasteiger partial charge on any atom is 0.0797 e. The van der Waals surface area contributed by atoms with Crippen molar-refractivity contribution in [1.82, 2.24) is 9.78 Å². The van der Waals surface area contributed by atoms with E-state index < -0.39 is 0 Å². The molecule has 1 aromatic heterocycles. The second-order valence-electron chi connectivity index (χ2n) is 3.60. The van der Waals surface area contributed by atoms with Crippen molar-refractivity contribution in [1.29, 1.82) is 0 Å². The maximum atomic E-state index is 5.94. The number of nitrogens with two attached hydrogens (primary N) is 1. The van der Waals surface area contributed by atoms with Gasteiger partial charge in [0.2, 0.25) is 0 Å². The van der Waals surface area contributed by atoms with E-state index in [2.05, 4.69) is 11.7 Å². The summed E-state index contributed by atoms with van der Waals surface area (Å²) < 4.78 is 1.84. The highest BCUT2D eigenvalue weighted by atomic mass is 15.3. The summed E-state index contributed by atoms with van der Waals surface area (Å²) in [4.78, 5) is 0. The first-order chi connectivity index (χ1) is 6.00. The topological polar surface area (TPSA) is 43.8 Å². The third-order valence-corrected chi connectivity index (χ3v) is 2.08. The first-order valence-corrected chi connectivity index (χ1v) is 4.41. The van der Waals surface area contributed by atoms with Gasteiger partial charge in [-0.1, -0.05) is 5.57 Å². The van der Waals surface area contributed by atoms with Gasteiger partial charge in [-0.25, -0.2) is 0 Å². The molecule has 0 aliphatic rings. The van der Waals surface area contributed by atoms with Crippen LogP contribution in [-0.4, -0.2) is 9.78 Å². The molecule has 0 aliphatic heterocycles. The van der Waals surface area contributed by atoms with Crippen molar-refractivity contribution >= 4 is 0 Å². The van der Waals surface area contributed by atoms with Crippen molar-refractivity contribution in [2.45, 2.75) is 26.3 Å². The van der Waals surface area contributed by atoms with Crippen LogP contribution in [0.25, 0.3) is 0 Å². The predicted octanol–water partition coefficient (Wildman–Crippen LogP) is 1.69. The summed E-state index contributed by atoms with van der Waals surface area (Å²) in [5.74, 6) is 0. The molecule has 1 rings (SSSR count). The van der Waals surface area contributed by atoms with E-state index in [1.54, 1.807) is 0 Å². The molecule has 0 spiro atoms. The monoisotopic (exact) mass is 179 g/mol. The Morgan fingerprint density at radius 2 is 2.38 bits per heavy atom. The largest absolute Gasteiger partial charge is 0.322 e. The van der Waals surface area contributed by atoms with Crippen LogP contribution in [0.5, 0.6) is 0 Å². The molecule has 1 heterocycles. The number of hydrogen-bond donors (Lipinski definition) is 1. The molecule has 13 heavy (non-hydrogen) atoms. The van der Waals surface area contributed by atoms with Crippen LogP contribution in [0, 0.1) is 6.92 Å². The fourth-order valence-electron chi connectivity index (χ4n) is 1.25. The van der Waals surface area contributed by atoms with Crippen LogP contribution in [0.15, 0.2) is 18.2 Å². The molecule has 0 bridgehead atoms. The van der Waals surface area contributed by atoms with Crippen LogP contribution in [0.2, 0.25) is 0 Å². The number of nitrogens with zero attached hydrogens (tertiary/aromatic N) is 2. The van der Waals surface area contributed by atoms with Gasteiger partial charge in [0.25, 0.3) is 0 Å². The van der Waals surface area contributed by atoms with E-state index in [0.29, 0.717) is 0 Å². The number of aromatic nitrogens is 2. The SMILES string of the molecule is C=C(C)CC(N)c1cc(C)n(C)n1. The lowest BCUT2D eigenvalue weighted by atomic mass is 10.1. The Hall–Kier alpha value is -1.09. The molecule has 0 saturated heterocycles. The van der Waals surface area contributed by atoms with Crippen molar-refractivity contribution in [3.05, 3.63) is 29.6 Å². The standard InChI is InChI=1S/C10H17N3/c1-7(2)5-9(11)10-6-8(3)13(4)12-10/h6,9H,1,5,11H2,2-4H3. The van der Waals surface area contributed by atoms with E-state index in [-0.39, 0.29) is 6.04 Å². The van der Waals surface area contributed by atoms with Crippen LogP contribution < -0.4 is 5.73 Å². The first kappa shape index (κ1) is 9.99. The molecule has 0 radical (unpaired) electrons. The Bertz CT molecular complexity index is 292. The third-order valence-electron chi connectivity index (χ3n) is 2.08. The molecule has 72 valence electrons. The molecule has 0 aromatic carbocycles. The van der Waals surface area contributed by atoms with Gasteiger partial charge >= 0.3 is 0 Å². The molecule has 0 saturated carbocycles. The van der Waals surface area contributed by atoms with E-state index >= 15 is 0 Å². The minimum Gasteiger partial charge on any atom is -0.322 e. The van der Waals surface area contributed by atoms with E-state index in [1.165, 1.54) is 0 Å². The fraction of sp³-hybridized carbons (Fsp3) is 0.500. The average Bonchev–Trinajstić information content (AvgIpc) is 2.31. The zero-order valence-corrected chi connectivity index (χ0v) is 8.54. The van der Waals surface area contributed by atoms with Crippen LogP contribution >= 0.6 is 0 Å². The Morgan fingerprint density at radius 1 is 1.77 bits per heavy atom. The van der Waals surface area contributed by atoms with Gasteiger partial charge in [0.1, 0.15) is 0 Å². The first-order valence-electron chi connectivity index (χ1n) is 4.41. The summed E-state index contributed by atoms with van der Waals surface area (Å²) in [6, 6.07) is 2.01. The third kappa shape index (κ3) is 2.42. The minimum absolute atomic E-state index is 0.0163. The fourth-order valence-corrected chi connectivity index (χ4v) is 1.25. The number of rotatable bonds is 3. The minimum atomic E-state index is -0.0163. The predicted molar refractivity (Wildman–Crippen MR) is 54.3 cm³/mol. The van der Waals surface area contributed by atoms with Crippen molar-refractivity contribution in [3.8, 4) is 0 Å². The molecule has 3 nitrogen and oxygen atoms in total. The molecule has 0 amide bonds. The Labute approximate surface area is 79.2 Å². The van der Waals surface area contributed by atoms with Crippen LogP contribution in [0.4, 0.5) is 0 Å². The van der Waals surface area contributed by atoms with Crippen LogP contribution in [0.1, 0.15) is 30.8 Å². The summed E-state index contributed by atoms with van der Waals surface area (Å²) in [5.41, 5.74) is 9.11. The van der Waals surface area contributed by atoms with Crippen molar-refractivity contribution < 1.29 is 0 Å². The summed E-state index contributed by atoms with van der Waals surface area (Å²) in [5, 5.41) is 4.31. The number of aryl methyl sites for hydroxylation is 2. The van der Waals surface area contributed by atoms with E-state index in [4.69, 9.17) is 5.73 Å². The lowest BCUT2D eigenvalue weighted by molar-refractivity contribution is 0.650. The zero-order valence-electron chi connectivity index (χ0n) is 8.54. The Balaban J connectivity index is 2.77. The van der Waals surface area contributed by atoms with Gasteiger partial charge in [0.05, 0.1) is 11.7 Å². The average molecular weight is 179 g/mol. The van der Waals surface area contributed by atoms with E-state index in [1.807, 2.05) is 31.6 Å². The van der Waals surface area contributed by atoms with Gasteiger partial charge in [0.15, 0.2) is 0 Å². The Morgan fingerprint density at radius 3 is 2.77 bits per heavy atom. The summed E-state index contributed by atoms with van der Waals surface area (Å²) >= 11 is 0. The molecule has 0 fully saturated rings. The second kappa shape index (κ2) is 3.75. The highest BCUT2D eigenvalue weighted by Gasteiger charge is 2.10. The lowest BCUT2D eigenvalue weighted by Crippen LogP contribution is -2.11. The van der Waals surface area contributed by atoms with Gasteiger partial charge in [-0.05, 0) is 26.3 Å². The molecular weight excluding hydrogens is 162 g/mol. The highest BCUT2D eigenvalue weighted by molar-refractivity contribution is 5.14. The maximum absolute atomic E-state index is 5.94. The molecular formula is C10H17N3. The molecule has 0 aliphatic carbocycles. The smallest absolute Gasteiger partial charge is 0.0797 e. The summed E-state index contributed by atoms with van der Waals surface area (Å²) in [6.07, 6.45) is 0.802. The lowest BCUT2D eigenvalue weighted by Gasteiger charge is -2.07. The van der Waals surface area contributed by atoms with Crippen molar-refractivity contribution in [3.63, 3.8) is 0 Å². The van der Waals surface area contributed by atoms with Gasteiger partial charge in [-0.2, -0.15) is 5.10 Å². The molecule has 1 unspecified atom stereocenters. The summed E-state index contributed by atoms with van der Waals surface area (Å²) in [7, 11) is 1.92. The van der Waals surface area contributed by atoms with Crippen LogP contribution in [-0.2, 0) is 7.05 Å². The number of hydrogen-bond acceptors (Lipinski definition) is 2. The van der Waals surface area contributed by atoms with E-state index in [9.17, 15) is 0 Å². The van der Waals surface area contributed by atoms with Crippen LogP contribution in [0.3, 0.4) is 0 Å². The van der Waals surface area contributed by atoms with Gasteiger partial charge in [-0.3, -0.25) is 4.68 Å².